The largest absolute Gasteiger partial charge is 0.444 e. The van der Waals surface area contributed by atoms with Crippen LogP contribution >= 0.6 is 0 Å². The molecule has 62 valence electrons. The van der Waals surface area contributed by atoms with Gasteiger partial charge in [0.2, 0.25) is 5.89 Å². The highest BCUT2D eigenvalue weighted by Gasteiger charge is 1.99. The van der Waals surface area contributed by atoms with Crippen molar-refractivity contribution in [3.63, 3.8) is 0 Å². The van der Waals surface area contributed by atoms with Crippen LogP contribution in [0.5, 0.6) is 0 Å². The Labute approximate surface area is 66.6 Å². The van der Waals surface area contributed by atoms with Gasteiger partial charge in [0.25, 0.3) is 0 Å². The molecule has 0 spiro atoms. The van der Waals surface area contributed by atoms with E-state index < -0.39 is 0 Å². The molecule has 0 saturated heterocycles. The molecule has 1 aromatic rings. The summed E-state index contributed by atoms with van der Waals surface area (Å²) in [5.41, 5.74) is 5.34. The third-order valence-corrected chi connectivity index (χ3v) is 1.55. The first-order valence-electron chi connectivity index (χ1n) is 4.00. The maximum Gasteiger partial charge on any atom is 0.208 e. The number of unbranched alkanes of at least 4 members (excludes halogenated alkanes) is 1. The van der Waals surface area contributed by atoms with Crippen molar-refractivity contribution in [1.82, 2.24) is 4.98 Å². The zero-order valence-electron chi connectivity index (χ0n) is 6.84. The molecule has 2 N–H and O–H groups in total. The van der Waals surface area contributed by atoms with Crippen LogP contribution in [0.3, 0.4) is 0 Å². The Hall–Kier alpha value is -0.830. The standard InChI is InChI=1S/C8H14N2O/c1-2-3-4-7-6-10-8(5-9)11-7/h6H,2-5,9H2,1H3. The normalized spacial score (nSPS) is 10.4. The fraction of sp³-hybridized carbons (Fsp3) is 0.625. The fourth-order valence-corrected chi connectivity index (χ4v) is 0.909. The summed E-state index contributed by atoms with van der Waals surface area (Å²) in [6.07, 6.45) is 5.07. The minimum atomic E-state index is 0.395. The van der Waals surface area contributed by atoms with Gasteiger partial charge in [-0.1, -0.05) is 13.3 Å². The van der Waals surface area contributed by atoms with Crippen molar-refractivity contribution in [2.24, 2.45) is 5.73 Å². The van der Waals surface area contributed by atoms with Crippen molar-refractivity contribution in [1.29, 1.82) is 0 Å². The van der Waals surface area contributed by atoms with Gasteiger partial charge in [-0.05, 0) is 6.42 Å². The van der Waals surface area contributed by atoms with Crippen LogP contribution in [0.25, 0.3) is 0 Å². The van der Waals surface area contributed by atoms with Crippen LogP contribution in [-0.4, -0.2) is 4.98 Å². The molecule has 0 aliphatic rings. The summed E-state index contributed by atoms with van der Waals surface area (Å²) in [7, 11) is 0. The number of hydrogen-bond acceptors (Lipinski definition) is 3. The first-order chi connectivity index (χ1) is 5.36. The number of rotatable bonds is 4. The van der Waals surface area contributed by atoms with E-state index in [1.807, 2.05) is 0 Å². The molecule has 11 heavy (non-hydrogen) atoms. The van der Waals surface area contributed by atoms with E-state index in [1.165, 1.54) is 6.42 Å². The minimum absolute atomic E-state index is 0.395. The topological polar surface area (TPSA) is 52.0 Å². The summed E-state index contributed by atoms with van der Waals surface area (Å²) < 4.78 is 5.30. The lowest BCUT2D eigenvalue weighted by Gasteiger charge is -1.90. The molecule has 0 saturated carbocycles. The van der Waals surface area contributed by atoms with Crippen LogP contribution in [0.1, 0.15) is 31.4 Å². The average Bonchev–Trinajstić information content (AvgIpc) is 2.48. The lowest BCUT2D eigenvalue weighted by Crippen LogP contribution is -1.94. The molecule has 1 heterocycles. The highest BCUT2D eigenvalue weighted by Crippen LogP contribution is 2.06. The molecule has 1 aromatic heterocycles. The molecule has 0 aromatic carbocycles. The lowest BCUT2D eigenvalue weighted by atomic mass is 10.2. The van der Waals surface area contributed by atoms with Crippen LogP contribution in [0.15, 0.2) is 10.6 Å². The second-order valence-corrected chi connectivity index (χ2v) is 2.53. The molecule has 0 atom stereocenters. The summed E-state index contributed by atoms with van der Waals surface area (Å²) in [5, 5.41) is 0. The van der Waals surface area contributed by atoms with Crippen LogP contribution in [0.2, 0.25) is 0 Å². The van der Waals surface area contributed by atoms with Crippen LogP contribution in [-0.2, 0) is 13.0 Å². The number of nitrogens with zero attached hydrogens (tertiary/aromatic N) is 1. The maximum atomic E-state index is 5.34. The summed E-state index contributed by atoms with van der Waals surface area (Å²) >= 11 is 0. The second kappa shape index (κ2) is 4.13. The Morgan fingerprint density at radius 2 is 2.45 bits per heavy atom. The molecule has 0 aliphatic heterocycles. The number of aromatic nitrogens is 1. The van der Waals surface area contributed by atoms with Gasteiger partial charge in [0.15, 0.2) is 0 Å². The molecule has 0 amide bonds. The van der Waals surface area contributed by atoms with E-state index in [9.17, 15) is 0 Å². The number of oxazole rings is 1. The highest BCUT2D eigenvalue weighted by atomic mass is 16.4. The van der Waals surface area contributed by atoms with E-state index in [4.69, 9.17) is 10.2 Å². The third-order valence-electron chi connectivity index (χ3n) is 1.55. The van der Waals surface area contributed by atoms with Crippen molar-refractivity contribution in [3.8, 4) is 0 Å². The molecule has 3 nitrogen and oxygen atoms in total. The van der Waals surface area contributed by atoms with Crippen LogP contribution < -0.4 is 5.73 Å². The zero-order valence-corrected chi connectivity index (χ0v) is 6.84. The Balaban J connectivity index is 2.44. The number of aryl methyl sites for hydroxylation is 1. The first kappa shape index (κ1) is 8.27. The second-order valence-electron chi connectivity index (χ2n) is 2.53. The maximum absolute atomic E-state index is 5.34. The van der Waals surface area contributed by atoms with Gasteiger partial charge in [-0.15, -0.1) is 0 Å². The summed E-state index contributed by atoms with van der Waals surface area (Å²) in [4.78, 5) is 4.00. The Morgan fingerprint density at radius 1 is 1.64 bits per heavy atom. The van der Waals surface area contributed by atoms with E-state index >= 15 is 0 Å². The van der Waals surface area contributed by atoms with Gasteiger partial charge in [0, 0.05) is 6.42 Å². The monoisotopic (exact) mass is 154 g/mol. The van der Waals surface area contributed by atoms with E-state index in [0.29, 0.717) is 12.4 Å². The average molecular weight is 154 g/mol. The number of hydrogen-bond donors (Lipinski definition) is 1. The van der Waals surface area contributed by atoms with Crippen molar-refractivity contribution in [2.75, 3.05) is 0 Å². The summed E-state index contributed by atoms with van der Waals surface area (Å²) in [6.45, 7) is 2.55. The molecule has 0 unspecified atom stereocenters. The zero-order chi connectivity index (χ0) is 8.10. The molecule has 0 bridgehead atoms. The lowest BCUT2D eigenvalue weighted by molar-refractivity contribution is 0.451. The molecular formula is C8H14N2O. The fourth-order valence-electron chi connectivity index (χ4n) is 0.909. The highest BCUT2D eigenvalue weighted by molar-refractivity contribution is 4.93. The van der Waals surface area contributed by atoms with E-state index in [2.05, 4.69) is 11.9 Å². The first-order valence-corrected chi connectivity index (χ1v) is 4.00. The van der Waals surface area contributed by atoms with Gasteiger partial charge in [0.1, 0.15) is 5.76 Å². The molecule has 0 radical (unpaired) electrons. The predicted octanol–water partition coefficient (Wildman–Crippen LogP) is 1.48. The van der Waals surface area contributed by atoms with E-state index in [1.54, 1.807) is 6.20 Å². The third kappa shape index (κ3) is 2.35. The summed E-state index contributed by atoms with van der Waals surface area (Å²) in [5.74, 6) is 1.59. The molecule has 0 aliphatic carbocycles. The Kier molecular flexibility index (Phi) is 3.11. The van der Waals surface area contributed by atoms with E-state index in [-0.39, 0.29) is 0 Å². The van der Waals surface area contributed by atoms with Crippen molar-refractivity contribution in [2.45, 2.75) is 32.7 Å². The van der Waals surface area contributed by atoms with Gasteiger partial charge in [0.05, 0.1) is 12.7 Å². The molecule has 3 heteroatoms. The summed E-state index contributed by atoms with van der Waals surface area (Å²) in [6, 6.07) is 0. The van der Waals surface area contributed by atoms with Crippen LogP contribution in [0.4, 0.5) is 0 Å². The van der Waals surface area contributed by atoms with E-state index in [0.717, 1.165) is 18.6 Å². The Bertz CT molecular complexity index is 208. The molecular weight excluding hydrogens is 140 g/mol. The quantitative estimate of drug-likeness (QED) is 0.714. The van der Waals surface area contributed by atoms with Crippen LogP contribution in [0, 0.1) is 0 Å². The van der Waals surface area contributed by atoms with Crippen molar-refractivity contribution < 1.29 is 4.42 Å². The molecule has 1 rings (SSSR count). The van der Waals surface area contributed by atoms with Gasteiger partial charge in [-0.3, -0.25) is 0 Å². The molecule has 0 fully saturated rings. The predicted molar refractivity (Wildman–Crippen MR) is 43.0 cm³/mol. The van der Waals surface area contributed by atoms with Gasteiger partial charge < -0.3 is 10.2 Å². The van der Waals surface area contributed by atoms with Gasteiger partial charge in [-0.25, -0.2) is 4.98 Å². The Morgan fingerprint density at radius 3 is 3.00 bits per heavy atom. The SMILES string of the molecule is CCCCc1cnc(CN)o1. The minimum Gasteiger partial charge on any atom is -0.444 e. The van der Waals surface area contributed by atoms with Crippen molar-refractivity contribution >= 4 is 0 Å². The van der Waals surface area contributed by atoms with Crippen molar-refractivity contribution in [3.05, 3.63) is 17.8 Å². The number of nitrogens with two attached hydrogens (primary N) is 1. The van der Waals surface area contributed by atoms with Gasteiger partial charge in [-0.2, -0.15) is 0 Å². The smallest absolute Gasteiger partial charge is 0.208 e. The van der Waals surface area contributed by atoms with Gasteiger partial charge >= 0.3 is 0 Å².